The molecule has 3 nitrogen and oxygen atoms in total. The number of nitrogens with zero attached hydrogens (tertiary/aromatic N) is 2. The highest BCUT2D eigenvalue weighted by atomic mass is 32.1. The van der Waals surface area contributed by atoms with E-state index in [1.165, 1.54) is 4.88 Å². The number of aliphatic hydroxyl groups is 1. The first-order valence-electron chi connectivity index (χ1n) is 5.47. The monoisotopic (exact) mass is 244 g/mol. The molecule has 86 valence electrons. The van der Waals surface area contributed by atoms with Crippen LogP contribution in [0.5, 0.6) is 0 Å². The zero-order valence-electron chi connectivity index (χ0n) is 9.15. The summed E-state index contributed by atoms with van der Waals surface area (Å²) in [5.74, 6) is 0. The third kappa shape index (κ3) is 2.09. The lowest BCUT2D eigenvalue weighted by Crippen LogP contribution is -2.00. The third-order valence-corrected chi connectivity index (χ3v) is 3.60. The summed E-state index contributed by atoms with van der Waals surface area (Å²) in [5.41, 5.74) is 1.59. The fraction of sp³-hybridized carbons (Fsp3) is 0.154. The molecular formula is C13H12N2OS. The van der Waals surface area contributed by atoms with E-state index in [4.69, 9.17) is 0 Å². The molecule has 4 heteroatoms. The van der Waals surface area contributed by atoms with E-state index >= 15 is 0 Å². The van der Waals surface area contributed by atoms with Gasteiger partial charge in [-0.3, -0.25) is 0 Å². The molecule has 0 aromatic carbocycles. The maximum absolute atomic E-state index is 10.1. The summed E-state index contributed by atoms with van der Waals surface area (Å²) in [4.78, 5) is 5.59. The topological polar surface area (TPSA) is 37.5 Å². The molecule has 0 aliphatic carbocycles. The smallest absolute Gasteiger partial charge is 0.137 e. The van der Waals surface area contributed by atoms with Gasteiger partial charge in [-0.25, -0.2) is 4.98 Å². The maximum Gasteiger partial charge on any atom is 0.137 e. The van der Waals surface area contributed by atoms with Crippen molar-refractivity contribution in [1.29, 1.82) is 0 Å². The van der Waals surface area contributed by atoms with Crippen LogP contribution in [0, 0.1) is 0 Å². The molecule has 0 aliphatic heterocycles. The number of hydrogen-bond donors (Lipinski definition) is 1. The van der Waals surface area contributed by atoms with E-state index < -0.39 is 6.10 Å². The molecule has 0 saturated heterocycles. The van der Waals surface area contributed by atoms with E-state index in [1.807, 2.05) is 52.5 Å². The summed E-state index contributed by atoms with van der Waals surface area (Å²) in [6.07, 6.45) is 3.91. The van der Waals surface area contributed by atoms with Crippen LogP contribution in [0.1, 0.15) is 16.7 Å². The van der Waals surface area contributed by atoms with Crippen LogP contribution in [0.2, 0.25) is 0 Å². The molecule has 0 spiro atoms. The molecule has 1 unspecified atom stereocenters. The van der Waals surface area contributed by atoms with Crippen molar-refractivity contribution < 1.29 is 5.11 Å². The van der Waals surface area contributed by atoms with Crippen LogP contribution in [-0.2, 0) is 6.42 Å². The summed E-state index contributed by atoms with van der Waals surface area (Å²) in [5, 5.41) is 12.1. The van der Waals surface area contributed by atoms with Crippen molar-refractivity contribution in [3.63, 3.8) is 0 Å². The standard InChI is InChI=1S/C13H12N2OS/c16-12(8-10-4-3-7-17-10)11-9-15-6-2-1-5-13(15)14-11/h1-7,9,12,16H,8H2. The van der Waals surface area contributed by atoms with Gasteiger partial charge in [0, 0.05) is 23.7 Å². The quantitative estimate of drug-likeness (QED) is 0.769. The van der Waals surface area contributed by atoms with Crippen LogP contribution in [0.3, 0.4) is 0 Å². The van der Waals surface area contributed by atoms with Crippen LogP contribution in [0.4, 0.5) is 0 Å². The summed E-state index contributed by atoms with van der Waals surface area (Å²) >= 11 is 1.66. The average Bonchev–Trinajstić information content (AvgIpc) is 2.96. The van der Waals surface area contributed by atoms with Gasteiger partial charge >= 0.3 is 0 Å². The number of aromatic nitrogens is 2. The fourth-order valence-electron chi connectivity index (χ4n) is 1.84. The van der Waals surface area contributed by atoms with Gasteiger partial charge in [0.25, 0.3) is 0 Å². The number of hydrogen-bond acceptors (Lipinski definition) is 3. The van der Waals surface area contributed by atoms with Gasteiger partial charge in [-0.05, 0) is 23.6 Å². The lowest BCUT2D eigenvalue weighted by Gasteiger charge is -2.04. The SMILES string of the molecule is OC(Cc1cccs1)c1cn2ccccc2n1. The molecule has 0 aliphatic rings. The van der Waals surface area contributed by atoms with Gasteiger partial charge in [-0.1, -0.05) is 12.1 Å². The van der Waals surface area contributed by atoms with Crippen molar-refractivity contribution in [2.75, 3.05) is 0 Å². The summed E-state index contributed by atoms with van der Waals surface area (Å²) in [7, 11) is 0. The largest absolute Gasteiger partial charge is 0.386 e. The van der Waals surface area contributed by atoms with Gasteiger partial charge < -0.3 is 9.51 Å². The maximum atomic E-state index is 10.1. The van der Waals surface area contributed by atoms with E-state index in [0.29, 0.717) is 6.42 Å². The zero-order valence-corrected chi connectivity index (χ0v) is 9.97. The minimum Gasteiger partial charge on any atom is -0.386 e. The Hall–Kier alpha value is -1.65. The van der Waals surface area contributed by atoms with Crippen LogP contribution < -0.4 is 0 Å². The van der Waals surface area contributed by atoms with Crippen LogP contribution in [-0.4, -0.2) is 14.5 Å². The Kier molecular flexibility index (Phi) is 2.66. The minimum absolute atomic E-state index is 0.534. The van der Waals surface area contributed by atoms with E-state index in [1.54, 1.807) is 11.3 Å². The predicted molar refractivity (Wildman–Crippen MR) is 68.2 cm³/mol. The van der Waals surface area contributed by atoms with Gasteiger partial charge in [-0.2, -0.15) is 0 Å². The molecule has 0 saturated carbocycles. The molecule has 0 fully saturated rings. The molecule has 3 heterocycles. The van der Waals surface area contributed by atoms with Crippen LogP contribution >= 0.6 is 11.3 Å². The molecule has 3 aromatic heterocycles. The summed E-state index contributed by atoms with van der Waals surface area (Å²) in [6.45, 7) is 0. The van der Waals surface area contributed by atoms with Crippen molar-refractivity contribution in [2.45, 2.75) is 12.5 Å². The first-order valence-corrected chi connectivity index (χ1v) is 6.35. The number of imidazole rings is 1. The second kappa shape index (κ2) is 4.31. The molecule has 0 bridgehead atoms. The Bertz CT molecular complexity index is 582. The fourth-order valence-corrected chi connectivity index (χ4v) is 2.58. The first-order chi connectivity index (χ1) is 8.33. The van der Waals surface area contributed by atoms with Crippen molar-refractivity contribution in [3.8, 4) is 0 Å². The number of fused-ring (bicyclic) bond motifs is 1. The van der Waals surface area contributed by atoms with Crippen molar-refractivity contribution >= 4 is 17.0 Å². The van der Waals surface area contributed by atoms with Gasteiger partial charge in [0.05, 0.1) is 5.69 Å². The minimum atomic E-state index is -0.534. The highest BCUT2D eigenvalue weighted by Gasteiger charge is 2.12. The molecule has 3 aromatic rings. The van der Waals surface area contributed by atoms with E-state index in [0.717, 1.165) is 11.3 Å². The lowest BCUT2D eigenvalue weighted by molar-refractivity contribution is 0.175. The highest BCUT2D eigenvalue weighted by molar-refractivity contribution is 7.09. The third-order valence-electron chi connectivity index (χ3n) is 2.70. The highest BCUT2D eigenvalue weighted by Crippen LogP contribution is 2.20. The molecule has 0 radical (unpaired) electrons. The molecule has 1 N–H and O–H groups in total. The van der Waals surface area contributed by atoms with Gasteiger partial charge in [-0.15, -0.1) is 11.3 Å². The average molecular weight is 244 g/mol. The van der Waals surface area contributed by atoms with E-state index in [9.17, 15) is 5.11 Å². The Morgan fingerprint density at radius 1 is 1.29 bits per heavy atom. The lowest BCUT2D eigenvalue weighted by atomic mass is 10.2. The van der Waals surface area contributed by atoms with Gasteiger partial charge in [0.2, 0.25) is 0 Å². The Morgan fingerprint density at radius 2 is 2.24 bits per heavy atom. The Morgan fingerprint density at radius 3 is 3.00 bits per heavy atom. The second-order valence-electron chi connectivity index (χ2n) is 3.93. The van der Waals surface area contributed by atoms with Gasteiger partial charge in [0.1, 0.15) is 11.8 Å². The predicted octanol–water partition coefficient (Wildman–Crippen LogP) is 2.67. The number of rotatable bonds is 3. The zero-order chi connectivity index (χ0) is 11.7. The first kappa shape index (κ1) is 10.5. The van der Waals surface area contributed by atoms with Gasteiger partial charge in [0.15, 0.2) is 0 Å². The van der Waals surface area contributed by atoms with Crippen LogP contribution in [0.25, 0.3) is 5.65 Å². The Balaban J connectivity index is 1.88. The molecule has 0 amide bonds. The molecule has 1 atom stereocenters. The normalized spacial score (nSPS) is 13.0. The summed E-state index contributed by atoms with van der Waals surface area (Å²) in [6, 6.07) is 9.85. The Labute approximate surface area is 103 Å². The second-order valence-corrected chi connectivity index (χ2v) is 4.96. The summed E-state index contributed by atoms with van der Waals surface area (Å²) < 4.78 is 1.92. The van der Waals surface area contributed by atoms with Crippen molar-refractivity contribution in [3.05, 3.63) is 58.7 Å². The molecule has 3 rings (SSSR count). The number of aliphatic hydroxyl groups excluding tert-OH is 1. The number of thiophene rings is 1. The molecular weight excluding hydrogens is 232 g/mol. The number of pyridine rings is 1. The molecule has 17 heavy (non-hydrogen) atoms. The van der Waals surface area contributed by atoms with Crippen LogP contribution in [0.15, 0.2) is 48.1 Å². The van der Waals surface area contributed by atoms with Crippen molar-refractivity contribution in [1.82, 2.24) is 9.38 Å². The van der Waals surface area contributed by atoms with E-state index in [2.05, 4.69) is 4.98 Å². The van der Waals surface area contributed by atoms with Crippen molar-refractivity contribution in [2.24, 2.45) is 0 Å². The van der Waals surface area contributed by atoms with E-state index in [-0.39, 0.29) is 0 Å².